The van der Waals surface area contributed by atoms with Gasteiger partial charge in [-0.2, -0.15) is 0 Å². The van der Waals surface area contributed by atoms with Gasteiger partial charge in [-0.05, 0) is 36.3 Å². The molecule has 0 spiro atoms. The summed E-state index contributed by atoms with van der Waals surface area (Å²) in [4.78, 5) is 27.8. The number of carbonyl (C=O) groups excluding carboxylic acids is 1. The number of aromatic nitrogens is 2. The van der Waals surface area contributed by atoms with E-state index in [4.69, 9.17) is 11.6 Å². The number of hydrogen-bond donors (Lipinski definition) is 1. The number of aliphatic carboxylic acids is 1. The lowest BCUT2D eigenvalue weighted by molar-refractivity contribution is -0.140. The molecule has 2 atom stereocenters. The minimum absolute atomic E-state index is 0.0109. The highest BCUT2D eigenvalue weighted by Gasteiger charge is 2.31. The molecule has 29 heavy (non-hydrogen) atoms. The first kappa shape index (κ1) is 22.0. The molecule has 2 aromatic rings. The largest absolute Gasteiger partial charge is 0.481 e. The van der Waals surface area contributed by atoms with Crippen LogP contribution in [0.2, 0.25) is 5.15 Å². The second-order valence-corrected chi connectivity index (χ2v) is 9.17. The van der Waals surface area contributed by atoms with E-state index in [0.29, 0.717) is 12.2 Å². The SMILES string of the molecule is CCCC(Br)c1nc(Cl)c(C=O)n1Cc1ccc(C(C(=O)O)C2CCCC2)cc1. The van der Waals surface area contributed by atoms with Crippen LogP contribution < -0.4 is 0 Å². The summed E-state index contributed by atoms with van der Waals surface area (Å²) < 4.78 is 1.84. The summed E-state index contributed by atoms with van der Waals surface area (Å²) >= 11 is 9.83. The van der Waals surface area contributed by atoms with Crippen molar-refractivity contribution in [3.8, 4) is 0 Å². The van der Waals surface area contributed by atoms with Crippen molar-refractivity contribution in [1.82, 2.24) is 9.55 Å². The Morgan fingerprint density at radius 3 is 2.55 bits per heavy atom. The second kappa shape index (κ2) is 9.90. The lowest BCUT2D eigenvalue weighted by Gasteiger charge is -2.20. The van der Waals surface area contributed by atoms with E-state index in [1.54, 1.807) is 0 Å². The molecule has 5 nitrogen and oxygen atoms in total. The van der Waals surface area contributed by atoms with E-state index in [1.165, 1.54) is 0 Å². The molecule has 1 aromatic carbocycles. The van der Waals surface area contributed by atoms with Crippen molar-refractivity contribution in [3.63, 3.8) is 0 Å². The summed E-state index contributed by atoms with van der Waals surface area (Å²) in [6.07, 6.45) is 6.76. The monoisotopic (exact) mass is 480 g/mol. The van der Waals surface area contributed by atoms with Crippen LogP contribution in [0.25, 0.3) is 0 Å². The van der Waals surface area contributed by atoms with Crippen molar-refractivity contribution in [1.29, 1.82) is 0 Å². The van der Waals surface area contributed by atoms with Crippen molar-refractivity contribution < 1.29 is 14.7 Å². The fourth-order valence-corrected chi connectivity index (χ4v) is 5.31. The number of rotatable bonds is 9. The number of imidazole rings is 1. The van der Waals surface area contributed by atoms with Gasteiger partial charge in [-0.25, -0.2) is 4.98 Å². The lowest BCUT2D eigenvalue weighted by atomic mass is 9.84. The highest BCUT2D eigenvalue weighted by atomic mass is 79.9. The highest BCUT2D eigenvalue weighted by Crippen LogP contribution is 2.38. The normalized spacial score (nSPS) is 16.7. The molecule has 1 heterocycles. The van der Waals surface area contributed by atoms with Crippen LogP contribution in [0.5, 0.6) is 0 Å². The van der Waals surface area contributed by atoms with Crippen LogP contribution in [-0.4, -0.2) is 26.9 Å². The van der Waals surface area contributed by atoms with Gasteiger partial charge in [-0.15, -0.1) is 0 Å². The smallest absolute Gasteiger partial charge is 0.311 e. The first-order valence-corrected chi connectivity index (χ1v) is 11.4. The number of hydrogen-bond acceptors (Lipinski definition) is 3. The number of carboxylic acids is 1. The van der Waals surface area contributed by atoms with Crippen molar-refractivity contribution in [2.75, 3.05) is 0 Å². The number of benzene rings is 1. The summed E-state index contributed by atoms with van der Waals surface area (Å²) in [7, 11) is 0. The number of halogens is 2. The number of alkyl halides is 1. The van der Waals surface area contributed by atoms with E-state index >= 15 is 0 Å². The minimum atomic E-state index is -0.752. The molecule has 0 bridgehead atoms. The van der Waals surface area contributed by atoms with Crippen LogP contribution in [0.15, 0.2) is 24.3 Å². The summed E-state index contributed by atoms with van der Waals surface area (Å²) in [6, 6.07) is 7.69. The number of carbonyl (C=O) groups is 2. The molecule has 1 aromatic heterocycles. The highest BCUT2D eigenvalue weighted by molar-refractivity contribution is 9.09. The predicted octanol–water partition coefficient (Wildman–Crippen LogP) is 5.99. The molecule has 7 heteroatoms. The zero-order chi connectivity index (χ0) is 21.0. The van der Waals surface area contributed by atoms with Gasteiger partial charge in [0.15, 0.2) is 11.4 Å². The van der Waals surface area contributed by atoms with Gasteiger partial charge in [-0.3, -0.25) is 9.59 Å². The van der Waals surface area contributed by atoms with Crippen LogP contribution in [-0.2, 0) is 11.3 Å². The van der Waals surface area contributed by atoms with Gasteiger partial charge in [0.1, 0.15) is 11.5 Å². The van der Waals surface area contributed by atoms with E-state index < -0.39 is 11.9 Å². The van der Waals surface area contributed by atoms with Crippen LogP contribution in [0.3, 0.4) is 0 Å². The maximum absolute atomic E-state index is 11.9. The molecule has 2 unspecified atom stereocenters. The van der Waals surface area contributed by atoms with Crippen molar-refractivity contribution >= 4 is 39.8 Å². The molecule has 1 fully saturated rings. The summed E-state index contributed by atoms with van der Waals surface area (Å²) in [5.74, 6) is -0.259. The molecule has 1 aliphatic rings. The number of nitrogens with zero attached hydrogens (tertiary/aromatic N) is 2. The zero-order valence-electron chi connectivity index (χ0n) is 16.5. The van der Waals surface area contributed by atoms with Crippen LogP contribution >= 0.6 is 27.5 Å². The quantitative estimate of drug-likeness (QED) is 0.352. The molecule has 0 radical (unpaired) electrons. The summed E-state index contributed by atoms with van der Waals surface area (Å²) in [5, 5.41) is 9.95. The zero-order valence-corrected chi connectivity index (χ0v) is 18.8. The maximum atomic E-state index is 11.9. The van der Waals surface area contributed by atoms with E-state index in [2.05, 4.69) is 27.8 Å². The Balaban J connectivity index is 1.86. The first-order valence-electron chi connectivity index (χ1n) is 10.1. The summed E-state index contributed by atoms with van der Waals surface area (Å²) in [6.45, 7) is 2.54. The minimum Gasteiger partial charge on any atom is -0.481 e. The third-order valence-corrected chi connectivity index (χ3v) is 6.89. The molecular weight excluding hydrogens is 456 g/mol. The molecule has 0 saturated heterocycles. The fourth-order valence-electron chi connectivity index (χ4n) is 4.27. The van der Waals surface area contributed by atoms with Crippen molar-refractivity contribution in [3.05, 3.63) is 52.1 Å². The summed E-state index contributed by atoms with van der Waals surface area (Å²) in [5.41, 5.74) is 2.18. The van der Waals surface area contributed by atoms with E-state index in [-0.39, 0.29) is 15.9 Å². The molecule has 1 saturated carbocycles. The van der Waals surface area contributed by atoms with Gasteiger partial charge in [0.25, 0.3) is 0 Å². The Bertz CT molecular complexity index is 860. The third-order valence-electron chi connectivity index (χ3n) is 5.74. The van der Waals surface area contributed by atoms with Gasteiger partial charge in [0.2, 0.25) is 0 Å². The Morgan fingerprint density at radius 1 is 1.34 bits per heavy atom. The van der Waals surface area contributed by atoms with E-state index in [0.717, 1.165) is 61.8 Å². The van der Waals surface area contributed by atoms with E-state index in [9.17, 15) is 14.7 Å². The average Bonchev–Trinajstić information content (AvgIpc) is 3.31. The fraction of sp³-hybridized carbons (Fsp3) is 0.500. The van der Waals surface area contributed by atoms with Crippen LogP contribution in [0, 0.1) is 5.92 Å². The molecule has 3 rings (SSSR count). The van der Waals surface area contributed by atoms with Gasteiger partial charge < -0.3 is 9.67 Å². The Labute approximate surface area is 184 Å². The molecule has 0 amide bonds. The third kappa shape index (κ3) is 4.92. The molecule has 0 aliphatic heterocycles. The Hall–Kier alpha value is -1.66. The number of aldehydes is 1. The average molecular weight is 482 g/mol. The van der Waals surface area contributed by atoms with Gasteiger partial charge in [0, 0.05) is 6.54 Å². The molecular formula is C22H26BrClN2O3. The van der Waals surface area contributed by atoms with E-state index in [1.807, 2.05) is 28.8 Å². The number of carboxylic acid groups (broad SMARTS) is 1. The Morgan fingerprint density at radius 2 is 2.00 bits per heavy atom. The van der Waals surface area contributed by atoms with Gasteiger partial charge >= 0.3 is 5.97 Å². The molecule has 1 N–H and O–H groups in total. The van der Waals surface area contributed by atoms with Crippen LogP contribution in [0.1, 0.15) is 83.6 Å². The Kier molecular flexibility index (Phi) is 7.52. The van der Waals surface area contributed by atoms with Gasteiger partial charge in [0.05, 0.1) is 10.7 Å². The topological polar surface area (TPSA) is 72.2 Å². The molecule has 156 valence electrons. The molecule has 1 aliphatic carbocycles. The maximum Gasteiger partial charge on any atom is 0.311 e. The van der Waals surface area contributed by atoms with Crippen molar-refractivity contribution in [2.45, 2.75) is 62.7 Å². The lowest BCUT2D eigenvalue weighted by Crippen LogP contribution is -2.19. The van der Waals surface area contributed by atoms with Crippen LogP contribution in [0.4, 0.5) is 0 Å². The predicted molar refractivity (Wildman–Crippen MR) is 117 cm³/mol. The second-order valence-electron chi connectivity index (χ2n) is 7.71. The van der Waals surface area contributed by atoms with Gasteiger partial charge in [-0.1, -0.05) is 78.0 Å². The first-order chi connectivity index (χ1) is 14.0. The van der Waals surface area contributed by atoms with Crippen molar-refractivity contribution in [2.24, 2.45) is 5.92 Å². The standard InChI is InChI=1S/C22H26BrClN2O3/c1-2-5-17(23)21-25-20(24)18(13-27)26(21)12-14-8-10-16(11-9-14)19(22(28)29)15-6-3-4-7-15/h8-11,13,15,17,19H,2-7,12H2,1H3,(H,28,29).